The molecular formula is C22H28N4O2. The lowest BCUT2D eigenvalue weighted by Crippen LogP contribution is -2.54. The summed E-state index contributed by atoms with van der Waals surface area (Å²) in [5, 5.41) is 20.5. The largest absolute Gasteiger partial charge is 0.506 e. The first kappa shape index (κ1) is 17.9. The molecule has 2 aromatic rings. The predicted octanol–water partition coefficient (Wildman–Crippen LogP) is 1.95. The maximum atomic E-state index is 11.0. The third kappa shape index (κ3) is 3.15. The van der Waals surface area contributed by atoms with E-state index in [1.165, 1.54) is 17.3 Å². The number of rotatable bonds is 4. The third-order valence-electron chi connectivity index (χ3n) is 6.67. The van der Waals surface area contributed by atoms with Crippen LogP contribution >= 0.6 is 0 Å². The molecule has 4 atom stereocenters. The third-order valence-corrected chi connectivity index (χ3v) is 6.67. The van der Waals surface area contributed by atoms with Crippen molar-refractivity contribution in [2.75, 3.05) is 24.5 Å². The standard InChI is InChI=1S/C22H28N4O2/c1-15-2-4-16(5-3-15)12-24-9-8-20(22(24)28)25-13-18-10-17(25)14-26(18)21-7-6-19(27)11-23-21/h2-7,11,17-18,20,22,27-28H,8-10,12-14H2,1H3/t17-,18-,20+,22?/m0/s1. The van der Waals surface area contributed by atoms with Gasteiger partial charge in [-0.3, -0.25) is 9.80 Å². The first-order chi connectivity index (χ1) is 13.6. The summed E-state index contributed by atoms with van der Waals surface area (Å²) in [7, 11) is 0. The van der Waals surface area contributed by atoms with Gasteiger partial charge in [-0.05, 0) is 37.5 Å². The molecule has 1 aromatic heterocycles. The highest BCUT2D eigenvalue weighted by Gasteiger charge is 2.49. The maximum absolute atomic E-state index is 11.0. The van der Waals surface area contributed by atoms with Gasteiger partial charge in [-0.2, -0.15) is 0 Å². The molecule has 0 spiro atoms. The first-order valence-corrected chi connectivity index (χ1v) is 10.2. The van der Waals surface area contributed by atoms with E-state index in [1.54, 1.807) is 6.07 Å². The van der Waals surface area contributed by atoms with Crippen LogP contribution in [0.15, 0.2) is 42.6 Å². The van der Waals surface area contributed by atoms with E-state index in [0.717, 1.165) is 44.8 Å². The number of aliphatic hydroxyl groups is 1. The van der Waals surface area contributed by atoms with Crippen molar-refractivity contribution in [1.29, 1.82) is 0 Å². The number of aromatic hydroxyl groups is 1. The number of likely N-dealkylation sites (tertiary alicyclic amines) is 2. The molecule has 148 valence electrons. The Kier molecular flexibility index (Phi) is 4.50. The van der Waals surface area contributed by atoms with E-state index < -0.39 is 6.23 Å². The fraction of sp³-hybridized carbons (Fsp3) is 0.500. The van der Waals surface area contributed by atoms with E-state index in [4.69, 9.17) is 0 Å². The molecule has 6 nitrogen and oxygen atoms in total. The monoisotopic (exact) mass is 380 g/mol. The molecule has 1 unspecified atom stereocenters. The van der Waals surface area contributed by atoms with E-state index in [9.17, 15) is 10.2 Å². The first-order valence-electron chi connectivity index (χ1n) is 10.2. The number of aromatic nitrogens is 1. The van der Waals surface area contributed by atoms with Gasteiger partial charge in [0.2, 0.25) is 0 Å². The van der Waals surface area contributed by atoms with Gasteiger partial charge in [-0.1, -0.05) is 29.8 Å². The lowest BCUT2D eigenvalue weighted by Gasteiger charge is -2.39. The lowest BCUT2D eigenvalue weighted by atomic mass is 10.1. The van der Waals surface area contributed by atoms with Gasteiger partial charge >= 0.3 is 0 Å². The van der Waals surface area contributed by atoms with E-state index in [1.807, 2.05) is 6.07 Å². The second kappa shape index (κ2) is 7.03. The maximum Gasteiger partial charge on any atom is 0.134 e. The number of pyridine rings is 1. The van der Waals surface area contributed by atoms with Crippen LogP contribution in [0.4, 0.5) is 5.82 Å². The molecule has 2 N–H and O–H groups in total. The molecule has 2 bridgehead atoms. The quantitative estimate of drug-likeness (QED) is 0.845. The van der Waals surface area contributed by atoms with E-state index in [-0.39, 0.29) is 11.8 Å². The molecule has 0 aliphatic carbocycles. The van der Waals surface area contributed by atoms with Crippen LogP contribution in [0.3, 0.4) is 0 Å². The van der Waals surface area contributed by atoms with Crippen molar-refractivity contribution in [1.82, 2.24) is 14.8 Å². The lowest BCUT2D eigenvalue weighted by molar-refractivity contribution is -0.0248. The summed E-state index contributed by atoms with van der Waals surface area (Å²) < 4.78 is 0. The SMILES string of the molecule is Cc1ccc(CN2CC[C@@H](N3C[C@@H]4C[C@H]3CN4c3ccc(O)cn3)C2O)cc1. The highest BCUT2D eigenvalue weighted by molar-refractivity contribution is 5.45. The number of fused-ring (bicyclic) bond motifs is 2. The molecule has 6 heteroatoms. The minimum atomic E-state index is -0.402. The Balaban J connectivity index is 1.22. The highest BCUT2D eigenvalue weighted by atomic mass is 16.3. The number of benzene rings is 1. The van der Waals surface area contributed by atoms with Gasteiger partial charge < -0.3 is 15.1 Å². The van der Waals surface area contributed by atoms with Crippen LogP contribution in [0.2, 0.25) is 0 Å². The Morgan fingerprint density at radius 2 is 1.89 bits per heavy atom. The van der Waals surface area contributed by atoms with E-state index >= 15 is 0 Å². The molecule has 3 fully saturated rings. The summed E-state index contributed by atoms with van der Waals surface area (Å²) >= 11 is 0. The van der Waals surface area contributed by atoms with E-state index in [2.05, 4.69) is 50.9 Å². The molecule has 1 aromatic carbocycles. The zero-order valence-corrected chi connectivity index (χ0v) is 16.3. The Morgan fingerprint density at radius 1 is 1.07 bits per heavy atom. The molecule has 0 radical (unpaired) electrons. The molecule has 3 aliphatic heterocycles. The van der Waals surface area contributed by atoms with Gasteiger partial charge in [0.15, 0.2) is 0 Å². The zero-order valence-electron chi connectivity index (χ0n) is 16.3. The van der Waals surface area contributed by atoms with Gasteiger partial charge in [-0.25, -0.2) is 4.98 Å². The minimum absolute atomic E-state index is 0.206. The molecular weight excluding hydrogens is 352 g/mol. The van der Waals surface area contributed by atoms with Crippen molar-refractivity contribution in [3.05, 3.63) is 53.7 Å². The Morgan fingerprint density at radius 3 is 2.57 bits per heavy atom. The smallest absolute Gasteiger partial charge is 0.134 e. The molecule has 3 aliphatic rings. The van der Waals surface area contributed by atoms with E-state index in [0.29, 0.717) is 12.1 Å². The molecule has 3 saturated heterocycles. The summed E-state index contributed by atoms with van der Waals surface area (Å²) in [5.74, 6) is 1.15. The van der Waals surface area contributed by atoms with Crippen molar-refractivity contribution in [2.45, 2.75) is 50.7 Å². The minimum Gasteiger partial charge on any atom is -0.506 e. The average Bonchev–Trinajstić information content (AvgIpc) is 3.39. The van der Waals surface area contributed by atoms with Gasteiger partial charge in [-0.15, -0.1) is 0 Å². The number of aryl methyl sites for hydroxylation is 1. The summed E-state index contributed by atoms with van der Waals surface area (Å²) in [4.78, 5) is 11.5. The molecule has 0 saturated carbocycles. The number of anilines is 1. The Hall–Kier alpha value is -2.15. The van der Waals surface area contributed by atoms with Crippen LogP contribution in [0, 0.1) is 6.92 Å². The molecule has 5 rings (SSSR count). The van der Waals surface area contributed by atoms with Crippen LogP contribution in [0.1, 0.15) is 24.0 Å². The number of hydrogen-bond donors (Lipinski definition) is 2. The van der Waals surface area contributed by atoms with Gasteiger partial charge in [0.05, 0.1) is 12.2 Å². The highest BCUT2D eigenvalue weighted by Crippen LogP contribution is 2.38. The van der Waals surface area contributed by atoms with Crippen molar-refractivity contribution >= 4 is 5.82 Å². The number of aliphatic hydroxyl groups excluding tert-OH is 1. The summed E-state index contributed by atoms with van der Waals surface area (Å²) in [6.45, 7) is 5.78. The number of piperazine rings is 1. The fourth-order valence-corrected chi connectivity index (χ4v) is 5.19. The van der Waals surface area contributed by atoms with Crippen LogP contribution in [-0.2, 0) is 6.54 Å². The molecule has 4 heterocycles. The second-order valence-corrected chi connectivity index (χ2v) is 8.49. The van der Waals surface area contributed by atoms with Crippen molar-refractivity contribution in [3.63, 3.8) is 0 Å². The fourth-order valence-electron chi connectivity index (χ4n) is 5.19. The summed E-state index contributed by atoms with van der Waals surface area (Å²) in [6, 6.07) is 13.3. The average molecular weight is 380 g/mol. The topological polar surface area (TPSA) is 63.1 Å². The molecule has 0 amide bonds. The van der Waals surface area contributed by atoms with Gasteiger partial charge in [0, 0.05) is 38.3 Å². The van der Waals surface area contributed by atoms with Crippen LogP contribution < -0.4 is 4.90 Å². The Bertz CT molecular complexity index is 823. The van der Waals surface area contributed by atoms with Crippen LogP contribution in [0.25, 0.3) is 0 Å². The normalized spacial score (nSPS) is 30.4. The van der Waals surface area contributed by atoms with Crippen molar-refractivity contribution in [3.8, 4) is 5.75 Å². The van der Waals surface area contributed by atoms with Gasteiger partial charge in [0.25, 0.3) is 0 Å². The van der Waals surface area contributed by atoms with Crippen LogP contribution in [0.5, 0.6) is 5.75 Å². The van der Waals surface area contributed by atoms with Crippen molar-refractivity contribution < 1.29 is 10.2 Å². The summed E-state index contributed by atoms with van der Waals surface area (Å²) in [5.41, 5.74) is 2.53. The number of nitrogens with zero attached hydrogens (tertiary/aromatic N) is 4. The zero-order chi connectivity index (χ0) is 19.3. The van der Waals surface area contributed by atoms with Crippen LogP contribution in [-0.4, -0.2) is 69.0 Å². The Labute approximate surface area is 166 Å². The van der Waals surface area contributed by atoms with Crippen molar-refractivity contribution in [2.24, 2.45) is 0 Å². The predicted molar refractivity (Wildman–Crippen MR) is 108 cm³/mol. The number of hydrogen-bond acceptors (Lipinski definition) is 6. The second-order valence-electron chi connectivity index (χ2n) is 8.49. The molecule has 28 heavy (non-hydrogen) atoms. The van der Waals surface area contributed by atoms with Gasteiger partial charge in [0.1, 0.15) is 17.8 Å². The summed E-state index contributed by atoms with van der Waals surface area (Å²) in [6.07, 6.45) is 3.26.